The van der Waals surface area contributed by atoms with E-state index in [1.54, 1.807) is 0 Å². The number of H-pyrrole nitrogens is 2. The van der Waals surface area contributed by atoms with Crippen molar-refractivity contribution < 1.29 is 0 Å². The average molecular weight is 471 g/mol. The van der Waals surface area contributed by atoms with Gasteiger partial charge in [0, 0.05) is 48.6 Å². The molecule has 3 aromatic rings. The molecule has 0 atom stereocenters. The van der Waals surface area contributed by atoms with Gasteiger partial charge in [0.2, 0.25) is 0 Å². The van der Waals surface area contributed by atoms with Crippen molar-refractivity contribution in [3.63, 3.8) is 0 Å². The molecule has 174 valence electrons. The van der Waals surface area contributed by atoms with Crippen molar-refractivity contribution in [3.8, 4) is 11.5 Å². The first-order valence-corrected chi connectivity index (χ1v) is 12.2. The van der Waals surface area contributed by atoms with Crippen LogP contribution in [0.5, 0.6) is 0 Å². The zero-order valence-electron chi connectivity index (χ0n) is 20.1. The van der Waals surface area contributed by atoms with Gasteiger partial charge in [0.25, 0.3) is 0 Å². The van der Waals surface area contributed by atoms with E-state index < -0.39 is 0 Å². The van der Waals surface area contributed by atoms with E-state index in [0.29, 0.717) is 5.65 Å². The molecular weight excluding hydrogens is 440 g/mol. The van der Waals surface area contributed by atoms with Crippen LogP contribution in [0.1, 0.15) is 30.3 Å². The van der Waals surface area contributed by atoms with Crippen LogP contribution in [-0.2, 0) is 0 Å². The van der Waals surface area contributed by atoms with Crippen molar-refractivity contribution in [2.45, 2.75) is 20.3 Å². The number of pyridine rings is 1. The molecule has 1 aliphatic rings. The number of fused-ring (bicyclic) bond motifs is 1. The Balaban J connectivity index is 1.78. The van der Waals surface area contributed by atoms with Gasteiger partial charge in [-0.15, -0.1) is 11.8 Å². The van der Waals surface area contributed by atoms with Crippen LogP contribution >= 0.6 is 11.8 Å². The molecule has 0 fully saturated rings. The Bertz CT molecular complexity index is 1360. The SMILES string of the molecule is C=C/C=C(/C1=CSCC1)c1nc(-c2[nH]nc3ncc(C(=C/C)/C=C(\C=C)N(C)C)cc23)[nH]c1C. The summed E-state index contributed by atoms with van der Waals surface area (Å²) in [6.07, 6.45) is 12.8. The minimum absolute atomic E-state index is 0.655. The number of aryl methyl sites for hydroxylation is 1. The second-order valence-corrected chi connectivity index (χ2v) is 9.22. The lowest BCUT2D eigenvalue weighted by Crippen LogP contribution is -2.09. The standard InChI is InChI=1S/C27H30N6S/c1-7-10-22(19-11-12-34-16-19)24-17(4)29-27(30-24)25-23-14-20(15-28-26(23)32-31-25)18(8-2)13-21(9-3)33(5)6/h7-10,13-16H,1,3,11-12H2,2,4-6H3,(H,29,30)(H,28,31,32)/b18-8+,21-13+,22-10-. The van der Waals surface area contributed by atoms with Gasteiger partial charge < -0.3 is 9.88 Å². The van der Waals surface area contributed by atoms with E-state index in [1.807, 2.05) is 62.1 Å². The van der Waals surface area contributed by atoms with E-state index in [-0.39, 0.29) is 0 Å². The molecule has 4 rings (SSSR count). The first-order valence-electron chi connectivity index (χ1n) is 11.2. The van der Waals surface area contributed by atoms with Gasteiger partial charge in [0.1, 0.15) is 5.69 Å². The van der Waals surface area contributed by atoms with Crippen molar-refractivity contribution >= 4 is 33.9 Å². The van der Waals surface area contributed by atoms with Gasteiger partial charge in [-0.3, -0.25) is 5.10 Å². The predicted octanol–water partition coefficient (Wildman–Crippen LogP) is 6.28. The van der Waals surface area contributed by atoms with E-state index in [2.05, 4.69) is 63.9 Å². The van der Waals surface area contributed by atoms with Crippen molar-refractivity contribution in [3.05, 3.63) is 89.4 Å². The highest BCUT2D eigenvalue weighted by Crippen LogP contribution is 2.36. The Labute approximate surface area is 205 Å². The van der Waals surface area contributed by atoms with Crippen LogP contribution in [0.25, 0.3) is 33.7 Å². The molecule has 1 aliphatic heterocycles. The van der Waals surface area contributed by atoms with E-state index in [4.69, 9.17) is 4.98 Å². The Morgan fingerprint density at radius 1 is 1.26 bits per heavy atom. The van der Waals surface area contributed by atoms with Gasteiger partial charge in [0.05, 0.1) is 11.1 Å². The van der Waals surface area contributed by atoms with Gasteiger partial charge in [-0.1, -0.05) is 31.4 Å². The zero-order valence-corrected chi connectivity index (χ0v) is 21.0. The predicted molar refractivity (Wildman–Crippen MR) is 145 cm³/mol. The van der Waals surface area contributed by atoms with Gasteiger partial charge in [-0.05, 0) is 55.0 Å². The summed E-state index contributed by atoms with van der Waals surface area (Å²) < 4.78 is 0. The summed E-state index contributed by atoms with van der Waals surface area (Å²) in [5, 5.41) is 10.7. The molecule has 2 N–H and O–H groups in total. The molecule has 0 unspecified atom stereocenters. The first-order chi connectivity index (χ1) is 16.5. The number of hydrogen-bond donors (Lipinski definition) is 2. The first kappa shape index (κ1) is 23.6. The molecular formula is C27H30N6S. The van der Waals surface area contributed by atoms with Gasteiger partial charge in [0.15, 0.2) is 11.5 Å². The van der Waals surface area contributed by atoms with Crippen LogP contribution in [0.3, 0.4) is 0 Å². The van der Waals surface area contributed by atoms with Crippen molar-refractivity contribution in [1.82, 2.24) is 30.0 Å². The molecule has 0 radical (unpaired) electrons. The molecule has 7 heteroatoms. The maximum atomic E-state index is 4.98. The van der Waals surface area contributed by atoms with Crippen LogP contribution in [0.15, 0.2) is 72.5 Å². The molecule has 0 saturated carbocycles. The third kappa shape index (κ3) is 4.56. The van der Waals surface area contributed by atoms with Crippen LogP contribution in [0, 0.1) is 6.92 Å². The number of nitrogens with one attached hydrogen (secondary N) is 2. The molecule has 0 aliphatic carbocycles. The summed E-state index contributed by atoms with van der Waals surface area (Å²) in [5.74, 6) is 1.84. The summed E-state index contributed by atoms with van der Waals surface area (Å²) >= 11 is 1.84. The molecule has 34 heavy (non-hydrogen) atoms. The van der Waals surface area contributed by atoms with Crippen molar-refractivity contribution in [1.29, 1.82) is 0 Å². The molecule has 6 nitrogen and oxygen atoms in total. The maximum absolute atomic E-state index is 4.98. The second kappa shape index (κ2) is 10.1. The molecule has 4 heterocycles. The number of rotatable bonds is 8. The highest BCUT2D eigenvalue weighted by Gasteiger charge is 2.20. The summed E-state index contributed by atoms with van der Waals surface area (Å²) in [7, 11) is 4.01. The third-order valence-electron chi connectivity index (χ3n) is 5.80. The highest BCUT2D eigenvalue weighted by molar-refractivity contribution is 8.02. The summed E-state index contributed by atoms with van der Waals surface area (Å²) in [5.41, 5.74) is 8.92. The average Bonchev–Trinajstić information content (AvgIpc) is 3.58. The second-order valence-electron chi connectivity index (χ2n) is 8.24. The normalized spacial score (nSPS) is 15.1. The van der Waals surface area contributed by atoms with Crippen LogP contribution in [0.4, 0.5) is 0 Å². The lowest BCUT2D eigenvalue weighted by atomic mass is 10.0. The van der Waals surface area contributed by atoms with E-state index in [0.717, 1.165) is 62.9 Å². The van der Waals surface area contributed by atoms with Crippen LogP contribution in [0.2, 0.25) is 0 Å². The topological polar surface area (TPSA) is 73.5 Å². The Morgan fingerprint density at radius 3 is 2.74 bits per heavy atom. The number of imidazole rings is 1. The van der Waals surface area contributed by atoms with Crippen LogP contribution in [-0.4, -0.2) is 49.9 Å². The molecule has 3 aromatic heterocycles. The number of allylic oxidation sites excluding steroid dienone is 8. The van der Waals surface area contributed by atoms with Crippen molar-refractivity contribution in [2.24, 2.45) is 0 Å². The quantitative estimate of drug-likeness (QED) is 0.379. The Hall–Kier alpha value is -3.58. The number of hydrogen-bond acceptors (Lipinski definition) is 5. The number of nitrogens with zero attached hydrogens (tertiary/aromatic N) is 4. The van der Waals surface area contributed by atoms with Gasteiger partial charge in [-0.2, -0.15) is 5.10 Å². The molecule has 0 amide bonds. The van der Waals surface area contributed by atoms with E-state index in [1.165, 1.54) is 5.57 Å². The third-order valence-corrected chi connectivity index (χ3v) is 6.70. The van der Waals surface area contributed by atoms with Gasteiger partial charge >= 0.3 is 0 Å². The minimum Gasteiger partial charge on any atom is -0.378 e. The minimum atomic E-state index is 0.655. The Morgan fingerprint density at radius 2 is 2.09 bits per heavy atom. The largest absolute Gasteiger partial charge is 0.378 e. The lowest BCUT2D eigenvalue weighted by molar-refractivity contribution is 0.530. The lowest BCUT2D eigenvalue weighted by Gasteiger charge is -2.14. The molecule has 0 spiro atoms. The van der Waals surface area contributed by atoms with E-state index in [9.17, 15) is 0 Å². The number of thioether (sulfide) groups is 1. The summed E-state index contributed by atoms with van der Waals surface area (Å²) in [6, 6.07) is 2.11. The fourth-order valence-corrected chi connectivity index (χ4v) is 4.89. The summed E-state index contributed by atoms with van der Waals surface area (Å²) in [6.45, 7) is 11.9. The van der Waals surface area contributed by atoms with Crippen LogP contribution < -0.4 is 0 Å². The Kier molecular flexibility index (Phi) is 7.03. The van der Waals surface area contributed by atoms with Gasteiger partial charge in [-0.25, -0.2) is 9.97 Å². The zero-order chi connectivity index (χ0) is 24.2. The smallest absolute Gasteiger partial charge is 0.181 e. The fourth-order valence-electron chi connectivity index (χ4n) is 3.98. The maximum Gasteiger partial charge on any atom is 0.181 e. The molecule has 0 bridgehead atoms. The molecule has 0 saturated heterocycles. The number of likely N-dealkylation sites (N-methyl/N-ethyl adjacent to an activating group) is 1. The fraction of sp³-hybridized carbons (Fsp3) is 0.222. The van der Waals surface area contributed by atoms with E-state index >= 15 is 0 Å². The van der Waals surface area contributed by atoms with Crippen molar-refractivity contribution in [2.75, 3.05) is 19.8 Å². The summed E-state index contributed by atoms with van der Waals surface area (Å²) in [4.78, 5) is 15.1. The number of aromatic nitrogens is 5. The number of aromatic amines is 2. The molecule has 0 aromatic carbocycles. The monoisotopic (exact) mass is 470 g/mol. The highest BCUT2D eigenvalue weighted by atomic mass is 32.2.